The van der Waals surface area contributed by atoms with Gasteiger partial charge < -0.3 is 28.8 Å². The smallest absolute Gasteiger partial charge is 0.352 e. The molecule has 0 aliphatic carbocycles. The lowest BCUT2D eigenvalue weighted by Crippen LogP contribution is -2.67. The van der Waals surface area contributed by atoms with E-state index in [0.717, 1.165) is 12.7 Å². The predicted octanol–water partition coefficient (Wildman–Crippen LogP) is 3.64. The SMILES string of the molecule is COC(=O)[C@@]1(Br)O[C@@H](OCc2ccccc2)[C@H](OC(=O)c2ccccc2)[C@@H](OC(=O)c2ccccc2)[C@@H]1O. The molecule has 1 heterocycles. The Morgan fingerprint density at radius 3 is 1.79 bits per heavy atom. The van der Waals surface area contributed by atoms with Gasteiger partial charge in [0.15, 0.2) is 12.2 Å². The van der Waals surface area contributed by atoms with E-state index in [1.807, 2.05) is 18.2 Å². The number of hydrogen-bond donors (Lipinski definition) is 1. The molecule has 198 valence electrons. The minimum Gasteiger partial charge on any atom is -0.466 e. The fourth-order valence-electron chi connectivity index (χ4n) is 3.83. The molecule has 10 heteroatoms. The van der Waals surface area contributed by atoms with Crippen LogP contribution in [0.4, 0.5) is 0 Å². The number of aliphatic hydroxyl groups excluding tert-OH is 1. The molecular weight excluding hydrogens is 560 g/mol. The zero-order valence-electron chi connectivity index (χ0n) is 20.3. The van der Waals surface area contributed by atoms with Crippen molar-refractivity contribution in [3.8, 4) is 0 Å². The summed E-state index contributed by atoms with van der Waals surface area (Å²) in [6.07, 6.45) is -6.38. The van der Waals surface area contributed by atoms with Crippen LogP contribution in [0.1, 0.15) is 26.3 Å². The third-order valence-corrected chi connectivity index (χ3v) is 6.78. The van der Waals surface area contributed by atoms with Crippen LogP contribution in [-0.4, -0.2) is 59.2 Å². The largest absolute Gasteiger partial charge is 0.466 e. The van der Waals surface area contributed by atoms with E-state index in [2.05, 4.69) is 15.9 Å². The summed E-state index contributed by atoms with van der Waals surface area (Å²) in [4.78, 5) is 38.8. The summed E-state index contributed by atoms with van der Waals surface area (Å²) in [6, 6.07) is 25.2. The third kappa shape index (κ3) is 6.11. The molecule has 0 saturated carbocycles. The first-order valence-electron chi connectivity index (χ1n) is 11.6. The van der Waals surface area contributed by atoms with Crippen molar-refractivity contribution in [2.45, 2.75) is 35.7 Å². The number of carbonyl (C=O) groups is 3. The number of halogens is 1. The van der Waals surface area contributed by atoms with Crippen molar-refractivity contribution in [3.63, 3.8) is 0 Å². The number of ether oxygens (including phenoxy) is 5. The van der Waals surface area contributed by atoms with Crippen LogP contribution in [0.2, 0.25) is 0 Å². The first-order valence-corrected chi connectivity index (χ1v) is 12.4. The van der Waals surface area contributed by atoms with Crippen molar-refractivity contribution < 1.29 is 43.2 Å². The van der Waals surface area contributed by atoms with Gasteiger partial charge in [0.25, 0.3) is 4.51 Å². The Balaban J connectivity index is 1.70. The molecule has 9 nitrogen and oxygen atoms in total. The molecule has 0 aromatic heterocycles. The zero-order valence-corrected chi connectivity index (χ0v) is 21.9. The van der Waals surface area contributed by atoms with E-state index >= 15 is 0 Å². The van der Waals surface area contributed by atoms with Gasteiger partial charge in [-0.25, -0.2) is 14.4 Å². The summed E-state index contributed by atoms with van der Waals surface area (Å²) in [5, 5.41) is 11.2. The molecule has 1 aliphatic rings. The van der Waals surface area contributed by atoms with Gasteiger partial charge in [0.1, 0.15) is 6.10 Å². The first kappa shape index (κ1) is 27.5. The molecule has 3 aromatic carbocycles. The van der Waals surface area contributed by atoms with Crippen LogP contribution < -0.4 is 0 Å². The van der Waals surface area contributed by atoms with E-state index in [1.165, 1.54) is 24.3 Å². The normalized spacial score (nSPS) is 24.7. The average Bonchev–Trinajstić information content (AvgIpc) is 2.96. The lowest BCUT2D eigenvalue weighted by Gasteiger charge is -2.45. The molecule has 1 fully saturated rings. The van der Waals surface area contributed by atoms with Gasteiger partial charge in [0.2, 0.25) is 6.29 Å². The van der Waals surface area contributed by atoms with E-state index in [9.17, 15) is 19.5 Å². The van der Waals surface area contributed by atoms with Crippen molar-refractivity contribution in [1.82, 2.24) is 0 Å². The van der Waals surface area contributed by atoms with Crippen molar-refractivity contribution in [2.24, 2.45) is 0 Å². The second-order valence-electron chi connectivity index (χ2n) is 8.34. The molecule has 1 aliphatic heterocycles. The number of alkyl halides is 1. The van der Waals surface area contributed by atoms with E-state index in [4.69, 9.17) is 23.7 Å². The van der Waals surface area contributed by atoms with Crippen molar-refractivity contribution in [3.05, 3.63) is 108 Å². The van der Waals surface area contributed by atoms with E-state index in [0.29, 0.717) is 0 Å². The van der Waals surface area contributed by atoms with Gasteiger partial charge in [-0.3, -0.25) is 0 Å². The van der Waals surface area contributed by atoms with Gasteiger partial charge in [-0.05, 0) is 45.8 Å². The Morgan fingerprint density at radius 1 is 0.816 bits per heavy atom. The molecule has 0 radical (unpaired) electrons. The van der Waals surface area contributed by atoms with Gasteiger partial charge >= 0.3 is 17.9 Å². The van der Waals surface area contributed by atoms with E-state index < -0.39 is 47.0 Å². The number of aliphatic hydroxyl groups is 1. The number of methoxy groups -OCH3 is 1. The summed E-state index contributed by atoms with van der Waals surface area (Å²) in [6.45, 7) is -0.00933. The molecule has 5 atom stereocenters. The minimum absolute atomic E-state index is 0.00933. The number of esters is 3. The standard InChI is InChI=1S/C28H25BrO9/c1-34-27(33)28(29)23(30)21(36-24(31)19-13-7-3-8-14-19)22(37-25(32)20-15-9-4-10-16-20)26(38-28)35-17-18-11-5-2-6-12-18/h2-16,21-23,26,30H,17H2,1H3/t21-,22-,23+,26-,28+/m1/s1. The first-order chi connectivity index (χ1) is 18.3. The number of hydrogen-bond acceptors (Lipinski definition) is 9. The Bertz CT molecular complexity index is 1240. The lowest BCUT2D eigenvalue weighted by atomic mass is 9.97. The number of carbonyl (C=O) groups excluding carboxylic acids is 3. The third-order valence-electron chi connectivity index (χ3n) is 5.80. The van der Waals surface area contributed by atoms with Gasteiger partial charge in [-0.15, -0.1) is 0 Å². The highest BCUT2D eigenvalue weighted by Gasteiger charge is 2.61. The Hall–Kier alpha value is -3.57. The Kier molecular flexibility index (Phi) is 8.90. The molecule has 0 bridgehead atoms. The van der Waals surface area contributed by atoms with E-state index in [-0.39, 0.29) is 17.7 Å². The number of benzene rings is 3. The highest BCUT2D eigenvalue weighted by Crippen LogP contribution is 2.40. The van der Waals surface area contributed by atoms with Crippen LogP contribution in [0.5, 0.6) is 0 Å². The van der Waals surface area contributed by atoms with Gasteiger partial charge in [0, 0.05) is 0 Å². The second-order valence-corrected chi connectivity index (χ2v) is 9.51. The summed E-state index contributed by atoms with van der Waals surface area (Å²) in [7, 11) is 1.10. The molecular formula is C28H25BrO9. The maximum Gasteiger partial charge on any atom is 0.352 e. The van der Waals surface area contributed by atoms with Crippen molar-refractivity contribution >= 4 is 33.8 Å². The summed E-state index contributed by atoms with van der Waals surface area (Å²) < 4.78 is 25.7. The monoisotopic (exact) mass is 584 g/mol. The minimum atomic E-state index is -2.19. The lowest BCUT2D eigenvalue weighted by molar-refractivity contribution is -0.303. The molecule has 38 heavy (non-hydrogen) atoms. The molecule has 1 saturated heterocycles. The predicted molar refractivity (Wildman–Crippen MR) is 137 cm³/mol. The molecule has 1 N–H and O–H groups in total. The van der Waals surface area contributed by atoms with Crippen molar-refractivity contribution in [1.29, 1.82) is 0 Å². The topological polar surface area (TPSA) is 118 Å². The zero-order chi connectivity index (χ0) is 27.1. The molecule has 4 rings (SSSR count). The second kappa shape index (κ2) is 12.3. The summed E-state index contributed by atoms with van der Waals surface area (Å²) >= 11 is 3.12. The highest BCUT2D eigenvalue weighted by atomic mass is 79.9. The van der Waals surface area contributed by atoms with Crippen LogP contribution in [0.25, 0.3) is 0 Å². The molecule has 3 aromatic rings. The van der Waals surface area contributed by atoms with Crippen LogP contribution in [0.3, 0.4) is 0 Å². The number of rotatable bonds is 8. The van der Waals surface area contributed by atoms with Crippen LogP contribution >= 0.6 is 15.9 Å². The van der Waals surface area contributed by atoms with Crippen LogP contribution in [-0.2, 0) is 35.1 Å². The molecule has 0 spiro atoms. The maximum atomic E-state index is 13.0. The van der Waals surface area contributed by atoms with Crippen molar-refractivity contribution in [2.75, 3.05) is 7.11 Å². The fraction of sp³-hybridized carbons (Fsp3) is 0.250. The molecule has 0 unspecified atom stereocenters. The quantitative estimate of drug-likeness (QED) is 0.240. The van der Waals surface area contributed by atoms with Gasteiger partial charge in [-0.2, -0.15) is 0 Å². The van der Waals surface area contributed by atoms with Crippen LogP contribution in [0.15, 0.2) is 91.0 Å². The van der Waals surface area contributed by atoms with Gasteiger partial charge in [-0.1, -0.05) is 66.7 Å². The maximum absolute atomic E-state index is 13.0. The summed E-state index contributed by atoms with van der Waals surface area (Å²) in [5.41, 5.74) is 1.14. The van der Waals surface area contributed by atoms with E-state index in [1.54, 1.807) is 48.5 Å². The fourth-order valence-corrected chi connectivity index (χ4v) is 4.43. The van der Waals surface area contributed by atoms with Gasteiger partial charge in [0.05, 0.1) is 24.8 Å². The summed E-state index contributed by atoms with van der Waals surface area (Å²) in [5.74, 6) is -2.61. The molecule has 0 amide bonds. The Morgan fingerprint density at radius 2 is 1.29 bits per heavy atom. The highest BCUT2D eigenvalue weighted by molar-refractivity contribution is 9.10. The average molecular weight is 585 g/mol. The Labute approximate surface area is 227 Å². The van der Waals surface area contributed by atoms with Crippen LogP contribution in [0, 0.1) is 0 Å².